The fourth-order valence-corrected chi connectivity index (χ4v) is 9.53. The largest absolute Gasteiger partial charge is 0.514 e. The zero-order chi connectivity index (χ0) is 46.5. The van der Waals surface area contributed by atoms with E-state index in [1.165, 1.54) is 0 Å². The lowest BCUT2D eigenvalue weighted by molar-refractivity contribution is -0.172. The van der Waals surface area contributed by atoms with Crippen molar-refractivity contribution in [3.05, 3.63) is 114 Å². The van der Waals surface area contributed by atoms with Crippen LogP contribution in [0.2, 0.25) is 0 Å². The van der Waals surface area contributed by atoms with Gasteiger partial charge in [-0.2, -0.15) is 0 Å². The highest BCUT2D eigenvalue weighted by atomic mass is 16.7. The van der Waals surface area contributed by atoms with Crippen LogP contribution in [0.25, 0.3) is 44.6 Å². The lowest BCUT2D eigenvalue weighted by atomic mass is 9.86. The Morgan fingerprint density at radius 3 is 1.60 bits per heavy atom. The van der Waals surface area contributed by atoms with Gasteiger partial charge in [0.25, 0.3) is 11.1 Å². The third kappa shape index (κ3) is 6.76. The molecule has 65 heavy (non-hydrogen) atoms. The quantitative estimate of drug-likeness (QED) is 0.0982. The van der Waals surface area contributed by atoms with Gasteiger partial charge in [0.05, 0.1) is 58.0 Å². The summed E-state index contributed by atoms with van der Waals surface area (Å²) < 4.78 is 24.1. The van der Waals surface area contributed by atoms with Crippen LogP contribution in [-0.4, -0.2) is 58.1 Å². The highest BCUT2D eigenvalue weighted by Gasteiger charge is 2.47. The number of phenols is 1. The van der Waals surface area contributed by atoms with Crippen molar-refractivity contribution in [2.24, 2.45) is 0 Å². The molecule has 4 aliphatic heterocycles. The average molecular weight is 885 g/mol. The van der Waals surface area contributed by atoms with Gasteiger partial charge in [0.15, 0.2) is 11.2 Å². The van der Waals surface area contributed by atoms with E-state index < -0.39 is 34.9 Å². The van der Waals surface area contributed by atoms with E-state index in [0.717, 1.165) is 38.5 Å². The molecule has 0 radical (unpaired) electrons. The Balaban J connectivity index is 0.000000168. The van der Waals surface area contributed by atoms with Crippen molar-refractivity contribution in [2.75, 3.05) is 0 Å². The number of rotatable bonds is 5. The first-order valence-electron chi connectivity index (χ1n) is 21.7. The van der Waals surface area contributed by atoms with Crippen molar-refractivity contribution in [1.29, 1.82) is 0 Å². The number of carbonyl (C=O) groups is 3. The Labute approximate surface area is 372 Å². The van der Waals surface area contributed by atoms with Crippen LogP contribution < -0.4 is 15.9 Å². The molecule has 4 aromatic heterocycles. The lowest BCUT2D eigenvalue weighted by Crippen LogP contribution is -2.44. The first-order chi connectivity index (χ1) is 30.8. The number of cyclic esters (lactones) is 2. The predicted molar refractivity (Wildman–Crippen MR) is 236 cm³/mol. The van der Waals surface area contributed by atoms with Gasteiger partial charge in [0.1, 0.15) is 30.3 Å². The van der Waals surface area contributed by atoms with Crippen LogP contribution in [0.4, 0.5) is 4.79 Å². The molecule has 0 fully saturated rings. The van der Waals surface area contributed by atoms with Gasteiger partial charge in [-0.15, -0.1) is 0 Å². The maximum Gasteiger partial charge on any atom is 0.514 e. The fraction of sp³-hybridized carbons (Fsp3) is 0.367. The van der Waals surface area contributed by atoms with Crippen LogP contribution in [0, 0.1) is 0 Å². The molecule has 2 atom stereocenters. The van der Waals surface area contributed by atoms with Crippen molar-refractivity contribution < 1.29 is 48.7 Å². The number of aromatic nitrogens is 4. The number of fused-ring (bicyclic) bond motifs is 10. The maximum atomic E-state index is 13.4. The highest BCUT2D eigenvalue weighted by molar-refractivity contribution is 5.91. The summed E-state index contributed by atoms with van der Waals surface area (Å²) in [6.07, 6.45) is 0.770. The van der Waals surface area contributed by atoms with Crippen LogP contribution >= 0.6 is 0 Å². The van der Waals surface area contributed by atoms with E-state index in [1.807, 2.05) is 13.8 Å². The van der Waals surface area contributed by atoms with E-state index in [-0.39, 0.29) is 54.1 Å². The number of esters is 2. The summed E-state index contributed by atoms with van der Waals surface area (Å²) in [5.74, 6) is -0.981. The Kier molecular flexibility index (Phi) is 10.3. The molecule has 0 aliphatic carbocycles. The van der Waals surface area contributed by atoms with Crippen molar-refractivity contribution in [1.82, 2.24) is 19.1 Å². The van der Waals surface area contributed by atoms with Gasteiger partial charge in [-0.3, -0.25) is 9.59 Å². The third-order valence-electron chi connectivity index (χ3n) is 12.9. The molecule has 6 aromatic rings. The molecule has 0 unspecified atom stereocenters. The first kappa shape index (κ1) is 43.3. The zero-order valence-electron chi connectivity index (χ0n) is 37.1. The number of benzene rings is 2. The lowest BCUT2D eigenvalue weighted by Gasteiger charge is -2.31. The topological polar surface area (TPSA) is 219 Å². The number of aromatic hydroxyl groups is 1. The monoisotopic (exact) mass is 884 g/mol. The van der Waals surface area contributed by atoms with E-state index >= 15 is 0 Å². The van der Waals surface area contributed by atoms with Gasteiger partial charge in [0.2, 0.25) is 0 Å². The van der Waals surface area contributed by atoms with Gasteiger partial charge in [-0.05, 0) is 106 Å². The summed E-state index contributed by atoms with van der Waals surface area (Å²) in [4.78, 5) is 73.1. The summed E-state index contributed by atoms with van der Waals surface area (Å²) in [6, 6.07) is 13.6. The minimum atomic E-state index is -1.87. The predicted octanol–water partition coefficient (Wildman–Crippen LogP) is 6.30. The molecular weight excluding hydrogens is 837 g/mol. The molecule has 4 aliphatic rings. The van der Waals surface area contributed by atoms with E-state index in [1.54, 1.807) is 92.3 Å². The summed E-state index contributed by atoms with van der Waals surface area (Å²) in [7, 11) is 0. The number of carbonyl (C=O) groups excluding carboxylic acids is 3. The molecule has 0 spiro atoms. The van der Waals surface area contributed by atoms with Crippen LogP contribution in [0.1, 0.15) is 106 Å². The highest BCUT2D eigenvalue weighted by Crippen LogP contribution is 2.43. The van der Waals surface area contributed by atoms with Crippen molar-refractivity contribution in [3.8, 4) is 34.3 Å². The van der Waals surface area contributed by atoms with Crippen LogP contribution in [0.15, 0.2) is 58.1 Å². The Bertz CT molecular complexity index is 3200. The second-order valence-corrected chi connectivity index (χ2v) is 17.7. The summed E-state index contributed by atoms with van der Waals surface area (Å²) in [5.41, 5.74) is 3.90. The Hall–Kier alpha value is -6.91. The minimum absolute atomic E-state index is 0.0837. The van der Waals surface area contributed by atoms with Crippen LogP contribution in [0.3, 0.4) is 0 Å². The van der Waals surface area contributed by atoms with Gasteiger partial charge in [0, 0.05) is 33.0 Å². The molecule has 336 valence electrons. The SMILES string of the molecule is CCc1c2c(nc3ccc(O)cc13)-c1cc3c(c(=O)n1C2)COC(=O)[C@]3(O)CC.CCc1c2c(nc3ccc(OC(=O)OC(C)(C)C)cc13)-c1cc3c(c(=O)n1C2)COC(=O)[C@]3(O)CC. The number of hydrogen-bond acceptors (Lipinski definition) is 14. The minimum Gasteiger partial charge on any atom is -0.508 e. The maximum absolute atomic E-state index is 13.4. The number of phenolic OH excluding ortho intramolecular Hbond substituents is 1. The van der Waals surface area contributed by atoms with E-state index in [2.05, 4.69) is 0 Å². The van der Waals surface area contributed by atoms with Gasteiger partial charge >= 0.3 is 18.1 Å². The Morgan fingerprint density at radius 1 is 0.692 bits per heavy atom. The number of pyridine rings is 4. The number of aryl methyl sites for hydroxylation is 2. The second-order valence-electron chi connectivity index (χ2n) is 17.7. The molecule has 2 aromatic carbocycles. The van der Waals surface area contributed by atoms with Gasteiger partial charge in [-0.1, -0.05) is 27.7 Å². The number of hydrogen-bond donors (Lipinski definition) is 3. The molecule has 10 rings (SSSR count). The molecular formula is C49H48N4O12. The third-order valence-corrected chi connectivity index (χ3v) is 12.9. The summed E-state index contributed by atoms with van der Waals surface area (Å²) >= 11 is 0. The second kappa shape index (κ2) is 15.4. The average Bonchev–Trinajstić information content (AvgIpc) is 3.83. The van der Waals surface area contributed by atoms with E-state index in [4.69, 9.17) is 28.9 Å². The number of aliphatic hydroxyl groups is 2. The molecule has 0 saturated carbocycles. The first-order valence-corrected chi connectivity index (χ1v) is 21.7. The van der Waals surface area contributed by atoms with Crippen LogP contribution in [0.5, 0.6) is 11.5 Å². The van der Waals surface area contributed by atoms with Gasteiger partial charge < -0.3 is 43.4 Å². The summed E-state index contributed by atoms with van der Waals surface area (Å²) in [6.45, 7) is 13.0. The molecule has 3 N–H and O–H groups in total. The van der Waals surface area contributed by atoms with Crippen molar-refractivity contribution in [2.45, 2.75) is 117 Å². The molecule has 0 amide bonds. The molecule has 0 saturated heterocycles. The number of nitrogens with zero attached hydrogens (tertiary/aromatic N) is 4. The molecule has 0 bridgehead atoms. The molecule has 16 heteroatoms. The fourth-order valence-electron chi connectivity index (χ4n) is 9.53. The normalized spacial score (nSPS) is 18.9. The van der Waals surface area contributed by atoms with E-state index in [9.17, 15) is 39.3 Å². The van der Waals surface area contributed by atoms with E-state index in [0.29, 0.717) is 71.1 Å². The summed E-state index contributed by atoms with van der Waals surface area (Å²) in [5, 5.41) is 33.6. The van der Waals surface area contributed by atoms with Crippen LogP contribution in [-0.2, 0) is 74.1 Å². The zero-order valence-corrected chi connectivity index (χ0v) is 37.1. The van der Waals surface area contributed by atoms with Gasteiger partial charge in [-0.25, -0.2) is 24.4 Å². The van der Waals surface area contributed by atoms with Crippen molar-refractivity contribution >= 4 is 39.9 Å². The molecule has 8 heterocycles. The standard InChI is InChI=1S/C27H28N2O7.C22H20N2O5/c1-6-15-16-10-14(35-25(32)36-26(3,4)5)8-9-20(16)28-22-17(15)12-29-21(22)11-19-18(23(29)30)13-34-24(31)27(19,33)7-2;1-3-12-13-7-11(25)5-6-17(13)23-19-14(12)9-24-18(19)8-16-15(20(24)26)10-29-21(27)22(16,28)4-2/h8-11,33H,6-7,12-13H2,1-5H3;5-8,25,28H,3-4,9-10H2,1-2H3/t27-;22-/m00/s1. The van der Waals surface area contributed by atoms with Crippen molar-refractivity contribution in [3.63, 3.8) is 0 Å². The Morgan fingerprint density at radius 2 is 1.15 bits per heavy atom. The molecule has 16 nitrogen and oxygen atoms in total. The smallest absolute Gasteiger partial charge is 0.508 e. The number of ether oxygens (including phenoxy) is 4.